The van der Waals surface area contributed by atoms with Gasteiger partial charge >= 0.3 is 4.87 Å². The van der Waals surface area contributed by atoms with E-state index in [2.05, 4.69) is 10.3 Å². The molecule has 7 heteroatoms. The van der Waals surface area contributed by atoms with E-state index in [4.69, 9.17) is 5.26 Å². The zero-order chi connectivity index (χ0) is 13.1. The fourth-order valence-electron chi connectivity index (χ4n) is 1.36. The molecule has 0 unspecified atom stereocenters. The van der Waals surface area contributed by atoms with Crippen molar-refractivity contribution in [1.29, 1.82) is 5.26 Å². The van der Waals surface area contributed by atoms with Crippen molar-refractivity contribution in [3.63, 3.8) is 0 Å². The molecule has 2 aromatic rings. The summed E-state index contributed by atoms with van der Waals surface area (Å²) in [5.41, 5.74) is 0.176. The van der Waals surface area contributed by atoms with Crippen LogP contribution in [0.15, 0.2) is 22.3 Å². The van der Waals surface area contributed by atoms with Crippen LogP contribution in [0.25, 0.3) is 0 Å². The first-order chi connectivity index (χ1) is 8.61. The summed E-state index contributed by atoms with van der Waals surface area (Å²) in [5, 5.41) is 12.8. The molecule has 1 aromatic heterocycles. The van der Waals surface area contributed by atoms with Gasteiger partial charge in [0.15, 0.2) is 11.6 Å². The number of anilines is 1. The molecule has 0 amide bonds. The molecule has 1 heterocycles. The maximum atomic E-state index is 13.5. The molecule has 0 saturated carbocycles. The largest absolute Gasteiger partial charge is 0.377 e. The van der Waals surface area contributed by atoms with E-state index in [1.165, 1.54) is 12.1 Å². The maximum Gasteiger partial charge on any atom is 0.304 e. The number of rotatable bonds is 3. The SMILES string of the molecule is N#Cc1ccc(NCc2csc(=O)[nH]2)c(F)c1F. The summed E-state index contributed by atoms with van der Waals surface area (Å²) in [6, 6.07) is 4.02. The minimum absolute atomic E-state index is 0.0569. The molecule has 0 aliphatic rings. The van der Waals surface area contributed by atoms with Crippen molar-refractivity contribution in [2.75, 3.05) is 5.32 Å². The Bertz CT molecular complexity index is 672. The summed E-state index contributed by atoms with van der Waals surface area (Å²) in [6.07, 6.45) is 0. The van der Waals surface area contributed by atoms with Crippen molar-refractivity contribution in [3.05, 3.63) is 50.1 Å². The van der Waals surface area contributed by atoms with Crippen molar-refractivity contribution in [1.82, 2.24) is 4.98 Å². The zero-order valence-corrected chi connectivity index (χ0v) is 9.78. The predicted octanol–water partition coefficient (Wildman–Crippen LogP) is 2.20. The number of aromatic amines is 1. The van der Waals surface area contributed by atoms with Crippen molar-refractivity contribution < 1.29 is 8.78 Å². The Morgan fingerprint density at radius 3 is 2.78 bits per heavy atom. The molecule has 18 heavy (non-hydrogen) atoms. The van der Waals surface area contributed by atoms with Crippen molar-refractivity contribution in [3.8, 4) is 6.07 Å². The molecule has 4 nitrogen and oxygen atoms in total. The summed E-state index contributed by atoms with van der Waals surface area (Å²) in [4.78, 5) is 13.2. The summed E-state index contributed by atoms with van der Waals surface area (Å²) in [5.74, 6) is -2.28. The zero-order valence-electron chi connectivity index (χ0n) is 8.96. The van der Waals surface area contributed by atoms with Gasteiger partial charge < -0.3 is 10.3 Å². The molecule has 2 N–H and O–H groups in total. The lowest BCUT2D eigenvalue weighted by molar-refractivity contribution is 0.508. The number of nitrogens with one attached hydrogen (secondary N) is 2. The average molecular weight is 267 g/mol. The standard InChI is InChI=1S/C11H7F2N3OS/c12-9-6(3-14)1-2-8(10(9)13)15-4-7-5-18-11(17)16-7/h1-2,5,15H,4H2,(H,16,17). The number of thiazole rings is 1. The molecule has 92 valence electrons. The van der Waals surface area contributed by atoms with Gasteiger partial charge in [0.2, 0.25) is 0 Å². The van der Waals surface area contributed by atoms with E-state index >= 15 is 0 Å². The van der Waals surface area contributed by atoms with Gasteiger partial charge in [0, 0.05) is 11.1 Å². The summed E-state index contributed by atoms with van der Waals surface area (Å²) in [6.45, 7) is 0.168. The molecule has 0 spiro atoms. The highest BCUT2D eigenvalue weighted by Crippen LogP contribution is 2.20. The molecular formula is C11H7F2N3OS. The number of aromatic nitrogens is 1. The van der Waals surface area contributed by atoms with E-state index in [9.17, 15) is 13.6 Å². The highest BCUT2D eigenvalue weighted by atomic mass is 32.1. The minimum atomic E-state index is -1.18. The lowest BCUT2D eigenvalue weighted by Crippen LogP contribution is -2.05. The van der Waals surface area contributed by atoms with Crippen molar-refractivity contribution in [2.24, 2.45) is 0 Å². The first-order valence-corrected chi connectivity index (χ1v) is 5.78. The van der Waals surface area contributed by atoms with Crippen LogP contribution in [0.3, 0.4) is 0 Å². The first-order valence-electron chi connectivity index (χ1n) is 4.90. The van der Waals surface area contributed by atoms with Gasteiger partial charge in [-0.15, -0.1) is 0 Å². The van der Waals surface area contributed by atoms with E-state index in [1.807, 2.05) is 0 Å². The number of hydrogen-bond acceptors (Lipinski definition) is 4. The number of hydrogen-bond donors (Lipinski definition) is 2. The van der Waals surface area contributed by atoms with Gasteiger partial charge in [-0.3, -0.25) is 4.79 Å². The van der Waals surface area contributed by atoms with Crippen LogP contribution in [-0.2, 0) is 6.54 Å². The van der Waals surface area contributed by atoms with Crippen LogP contribution in [-0.4, -0.2) is 4.98 Å². The second-order valence-corrected chi connectivity index (χ2v) is 4.27. The van der Waals surface area contributed by atoms with Gasteiger partial charge in [0.25, 0.3) is 0 Å². The fourth-order valence-corrected chi connectivity index (χ4v) is 1.94. The molecule has 1 aromatic carbocycles. The van der Waals surface area contributed by atoms with Gasteiger partial charge in [-0.2, -0.15) is 5.26 Å². The number of nitrogens with zero attached hydrogens (tertiary/aromatic N) is 1. The highest BCUT2D eigenvalue weighted by Gasteiger charge is 2.12. The van der Waals surface area contributed by atoms with Crippen LogP contribution < -0.4 is 10.2 Å². The minimum Gasteiger partial charge on any atom is -0.377 e. The fraction of sp³-hybridized carbons (Fsp3) is 0.0909. The third kappa shape index (κ3) is 2.38. The number of halogens is 2. The lowest BCUT2D eigenvalue weighted by Gasteiger charge is -2.07. The predicted molar refractivity (Wildman–Crippen MR) is 63.3 cm³/mol. The summed E-state index contributed by atoms with van der Waals surface area (Å²) < 4.78 is 26.8. The second kappa shape index (κ2) is 4.98. The van der Waals surface area contributed by atoms with Crippen LogP contribution in [0.4, 0.5) is 14.5 Å². The number of benzene rings is 1. The van der Waals surface area contributed by atoms with Gasteiger partial charge in [-0.25, -0.2) is 8.78 Å². The van der Waals surface area contributed by atoms with Crippen LogP contribution >= 0.6 is 11.3 Å². The number of nitriles is 1. The maximum absolute atomic E-state index is 13.5. The van der Waals surface area contributed by atoms with Crippen molar-refractivity contribution >= 4 is 17.0 Å². The van der Waals surface area contributed by atoms with E-state index in [-0.39, 0.29) is 22.7 Å². The first kappa shape index (κ1) is 12.3. The van der Waals surface area contributed by atoms with E-state index in [0.717, 1.165) is 11.3 Å². The van der Waals surface area contributed by atoms with Gasteiger partial charge in [0.05, 0.1) is 17.8 Å². The molecule has 0 atom stereocenters. The van der Waals surface area contributed by atoms with Crippen LogP contribution in [0, 0.1) is 23.0 Å². The Morgan fingerprint density at radius 2 is 2.17 bits per heavy atom. The monoisotopic (exact) mass is 267 g/mol. The van der Waals surface area contributed by atoms with Gasteiger partial charge in [-0.1, -0.05) is 11.3 Å². The average Bonchev–Trinajstić information content (AvgIpc) is 2.77. The molecule has 0 radical (unpaired) electrons. The van der Waals surface area contributed by atoms with Gasteiger partial charge in [-0.05, 0) is 12.1 Å². The Labute approximate surface area is 105 Å². The van der Waals surface area contributed by atoms with E-state index in [0.29, 0.717) is 5.69 Å². The Morgan fingerprint density at radius 1 is 1.39 bits per heavy atom. The lowest BCUT2D eigenvalue weighted by atomic mass is 10.2. The van der Waals surface area contributed by atoms with Gasteiger partial charge in [0.1, 0.15) is 6.07 Å². The van der Waals surface area contributed by atoms with Crippen molar-refractivity contribution in [2.45, 2.75) is 6.54 Å². The molecule has 2 rings (SSSR count). The molecule has 0 fully saturated rings. The number of H-pyrrole nitrogens is 1. The van der Waals surface area contributed by atoms with E-state index in [1.54, 1.807) is 11.4 Å². The molecule has 0 bridgehead atoms. The van der Waals surface area contributed by atoms with Crippen LogP contribution in [0.2, 0.25) is 0 Å². The molecule has 0 aliphatic carbocycles. The Kier molecular flexibility index (Phi) is 3.39. The third-order valence-electron chi connectivity index (χ3n) is 2.24. The summed E-state index contributed by atoms with van der Waals surface area (Å²) in [7, 11) is 0. The molecular weight excluding hydrogens is 260 g/mol. The van der Waals surface area contributed by atoms with E-state index < -0.39 is 11.6 Å². The molecule has 0 saturated heterocycles. The highest BCUT2D eigenvalue weighted by molar-refractivity contribution is 7.07. The quantitative estimate of drug-likeness (QED) is 0.895. The summed E-state index contributed by atoms with van der Waals surface area (Å²) >= 11 is 0.991. The molecule has 0 aliphatic heterocycles. The Balaban J connectivity index is 2.18. The Hall–Kier alpha value is -2.20. The third-order valence-corrected chi connectivity index (χ3v) is 2.96. The smallest absolute Gasteiger partial charge is 0.304 e. The topological polar surface area (TPSA) is 68.7 Å². The van der Waals surface area contributed by atoms with Crippen LogP contribution in [0.5, 0.6) is 0 Å². The normalized spacial score (nSPS) is 10.1. The van der Waals surface area contributed by atoms with Crippen LogP contribution in [0.1, 0.15) is 11.3 Å². The second-order valence-electron chi connectivity index (χ2n) is 3.43.